The van der Waals surface area contributed by atoms with Crippen LogP contribution in [0.5, 0.6) is 0 Å². The van der Waals surface area contributed by atoms with Crippen molar-refractivity contribution in [1.29, 1.82) is 0 Å². The van der Waals surface area contributed by atoms with Crippen molar-refractivity contribution in [2.24, 2.45) is 0 Å². The molecule has 0 saturated heterocycles. The third-order valence-electron chi connectivity index (χ3n) is 5.12. The second-order valence-corrected chi connectivity index (χ2v) is 7.54. The number of hydrogen-bond acceptors (Lipinski definition) is 3. The zero-order chi connectivity index (χ0) is 21.9. The number of aromatic nitrogens is 1. The first-order chi connectivity index (χ1) is 15.2. The molecule has 1 atom stereocenters. The van der Waals surface area contributed by atoms with Crippen LogP contribution in [0.2, 0.25) is 0 Å². The Labute approximate surface area is 184 Å². The largest absolute Gasteiger partial charge is 0.350 e. The van der Waals surface area contributed by atoms with Crippen LogP contribution in [-0.4, -0.2) is 27.7 Å². The highest BCUT2D eigenvalue weighted by atomic mass is 16.2. The first kappa shape index (κ1) is 22.2. The summed E-state index contributed by atoms with van der Waals surface area (Å²) in [6.07, 6.45) is 5.04. The fourth-order valence-corrected chi connectivity index (χ4v) is 3.50. The summed E-state index contributed by atoms with van der Waals surface area (Å²) < 4.78 is 0. The number of amides is 2. The Balaban J connectivity index is 1.86. The molecule has 3 aromatic rings. The smallest absolute Gasteiger partial charge is 0.243 e. The topological polar surface area (TPSA) is 62.3 Å². The highest BCUT2D eigenvalue weighted by Crippen LogP contribution is 2.16. The zero-order valence-electron chi connectivity index (χ0n) is 17.9. The molecule has 0 aliphatic rings. The van der Waals surface area contributed by atoms with E-state index in [1.165, 1.54) is 0 Å². The van der Waals surface area contributed by atoms with E-state index < -0.39 is 6.04 Å². The van der Waals surface area contributed by atoms with Gasteiger partial charge in [0.25, 0.3) is 0 Å². The minimum atomic E-state index is -0.599. The molecule has 3 rings (SSSR count). The average Bonchev–Trinajstić information content (AvgIpc) is 2.82. The minimum absolute atomic E-state index is 0.0104. The van der Waals surface area contributed by atoms with Gasteiger partial charge in [-0.05, 0) is 29.2 Å². The number of pyridine rings is 1. The molecule has 0 unspecified atom stereocenters. The van der Waals surface area contributed by atoms with Crippen molar-refractivity contribution >= 4 is 11.8 Å². The number of benzene rings is 2. The molecule has 0 spiro atoms. The molecule has 5 nitrogen and oxygen atoms in total. The van der Waals surface area contributed by atoms with Crippen LogP contribution < -0.4 is 5.32 Å². The molecule has 0 saturated carbocycles. The van der Waals surface area contributed by atoms with Gasteiger partial charge in [-0.1, -0.05) is 73.7 Å². The van der Waals surface area contributed by atoms with Gasteiger partial charge in [0, 0.05) is 38.3 Å². The molecule has 1 heterocycles. The summed E-state index contributed by atoms with van der Waals surface area (Å²) in [5.41, 5.74) is 2.94. The average molecular weight is 416 g/mol. The van der Waals surface area contributed by atoms with Crippen LogP contribution in [0.25, 0.3) is 0 Å². The molecule has 0 fully saturated rings. The number of rotatable bonds is 10. The van der Waals surface area contributed by atoms with E-state index in [1.54, 1.807) is 17.3 Å². The Morgan fingerprint density at radius 1 is 0.903 bits per heavy atom. The number of nitrogens with one attached hydrogen (secondary N) is 1. The van der Waals surface area contributed by atoms with Crippen molar-refractivity contribution in [3.63, 3.8) is 0 Å². The van der Waals surface area contributed by atoms with Crippen LogP contribution in [-0.2, 0) is 29.1 Å². The summed E-state index contributed by atoms with van der Waals surface area (Å²) >= 11 is 0. The molecule has 0 bridgehead atoms. The third kappa shape index (κ3) is 6.78. The van der Waals surface area contributed by atoms with Crippen molar-refractivity contribution in [1.82, 2.24) is 15.2 Å². The van der Waals surface area contributed by atoms with Crippen molar-refractivity contribution in [3.8, 4) is 0 Å². The van der Waals surface area contributed by atoms with Crippen LogP contribution in [0.15, 0.2) is 85.2 Å². The lowest BCUT2D eigenvalue weighted by atomic mass is 10.0. The molecule has 1 aromatic heterocycles. The summed E-state index contributed by atoms with van der Waals surface area (Å²) in [5, 5.41) is 3.01. The molecular formula is C26H29N3O2. The summed E-state index contributed by atoms with van der Waals surface area (Å²) in [5.74, 6) is -0.170. The van der Waals surface area contributed by atoms with E-state index in [0.717, 1.165) is 23.1 Å². The highest BCUT2D eigenvalue weighted by Gasteiger charge is 2.29. The van der Waals surface area contributed by atoms with Crippen LogP contribution in [0, 0.1) is 0 Å². The maximum atomic E-state index is 13.3. The summed E-state index contributed by atoms with van der Waals surface area (Å²) in [7, 11) is 0. The Morgan fingerprint density at radius 3 is 2.16 bits per heavy atom. The number of carbonyl (C=O) groups excluding carboxylic acids is 2. The number of carbonyl (C=O) groups is 2. The molecule has 0 aliphatic carbocycles. The first-order valence-corrected chi connectivity index (χ1v) is 10.7. The van der Waals surface area contributed by atoms with Crippen LogP contribution >= 0.6 is 0 Å². The predicted molar refractivity (Wildman–Crippen MR) is 122 cm³/mol. The zero-order valence-corrected chi connectivity index (χ0v) is 17.9. The molecule has 5 heteroatoms. The second kappa shape index (κ2) is 11.6. The van der Waals surface area contributed by atoms with Crippen LogP contribution in [0.3, 0.4) is 0 Å². The van der Waals surface area contributed by atoms with Gasteiger partial charge in [-0.15, -0.1) is 0 Å². The Morgan fingerprint density at radius 2 is 1.55 bits per heavy atom. The molecular weight excluding hydrogens is 386 g/mol. The molecule has 2 amide bonds. The van der Waals surface area contributed by atoms with Gasteiger partial charge >= 0.3 is 0 Å². The van der Waals surface area contributed by atoms with E-state index in [2.05, 4.69) is 10.3 Å². The molecule has 2 aromatic carbocycles. The fourth-order valence-electron chi connectivity index (χ4n) is 3.50. The predicted octanol–water partition coefficient (Wildman–Crippen LogP) is 4.14. The Bertz CT molecular complexity index is 946. The molecule has 0 radical (unpaired) electrons. The van der Waals surface area contributed by atoms with Crippen molar-refractivity contribution in [2.45, 2.75) is 45.3 Å². The Hall–Kier alpha value is -3.47. The van der Waals surface area contributed by atoms with Crippen molar-refractivity contribution in [2.75, 3.05) is 0 Å². The number of hydrogen-bond donors (Lipinski definition) is 1. The van der Waals surface area contributed by atoms with E-state index in [1.807, 2.05) is 79.7 Å². The van der Waals surface area contributed by atoms with Gasteiger partial charge in [-0.25, -0.2) is 0 Å². The van der Waals surface area contributed by atoms with Gasteiger partial charge in [0.2, 0.25) is 11.8 Å². The standard InChI is InChI=1S/C26H29N3O2/c1-2-10-25(30)29(20-22-13-7-4-8-14-22)24(17-21-11-5-3-6-12-21)26(31)28-19-23-15-9-16-27-18-23/h3-9,11-16,18,24H,2,10,17,19-20H2,1H3,(H,28,31)/t24-/m0/s1. The second-order valence-electron chi connectivity index (χ2n) is 7.54. The summed E-state index contributed by atoms with van der Waals surface area (Å²) in [6, 6.07) is 22.8. The summed E-state index contributed by atoms with van der Waals surface area (Å²) in [4.78, 5) is 32.3. The van der Waals surface area contributed by atoms with Gasteiger partial charge < -0.3 is 10.2 Å². The van der Waals surface area contributed by atoms with Gasteiger partial charge in [-0.3, -0.25) is 14.6 Å². The van der Waals surface area contributed by atoms with Crippen molar-refractivity contribution < 1.29 is 9.59 Å². The van der Waals surface area contributed by atoms with Gasteiger partial charge in [0.1, 0.15) is 6.04 Å². The summed E-state index contributed by atoms with van der Waals surface area (Å²) in [6.45, 7) is 2.75. The lowest BCUT2D eigenvalue weighted by Crippen LogP contribution is -2.50. The molecule has 1 N–H and O–H groups in total. The van der Waals surface area contributed by atoms with Crippen LogP contribution in [0.1, 0.15) is 36.5 Å². The van der Waals surface area contributed by atoms with E-state index in [-0.39, 0.29) is 11.8 Å². The maximum absolute atomic E-state index is 13.3. The van der Waals surface area contributed by atoms with E-state index in [9.17, 15) is 9.59 Å². The maximum Gasteiger partial charge on any atom is 0.243 e. The first-order valence-electron chi connectivity index (χ1n) is 10.7. The third-order valence-corrected chi connectivity index (χ3v) is 5.12. The quantitative estimate of drug-likeness (QED) is 0.541. The van der Waals surface area contributed by atoms with Crippen molar-refractivity contribution in [3.05, 3.63) is 102 Å². The van der Waals surface area contributed by atoms with E-state index >= 15 is 0 Å². The highest BCUT2D eigenvalue weighted by molar-refractivity contribution is 5.88. The van der Waals surface area contributed by atoms with Gasteiger partial charge in [0.15, 0.2) is 0 Å². The van der Waals surface area contributed by atoms with Crippen LogP contribution in [0.4, 0.5) is 0 Å². The molecule has 31 heavy (non-hydrogen) atoms. The Kier molecular flexibility index (Phi) is 8.35. The lowest BCUT2D eigenvalue weighted by molar-refractivity contribution is -0.141. The molecule has 160 valence electrons. The number of nitrogens with zero attached hydrogens (tertiary/aromatic N) is 2. The monoisotopic (exact) mass is 415 g/mol. The normalized spacial score (nSPS) is 11.5. The van der Waals surface area contributed by atoms with Gasteiger partial charge in [-0.2, -0.15) is 0 Å². The lowest BCUT2D eigenvalue weighted by Gasteiger charge is -2.31. The van der Waals surface area contributed by atoms with E-state index in [4.69, 9.17) is 0 Å². The SMILES string of the molecule is CCCC(=O)N(Cc1ccccc1)[C@@H](Cc1ccccc1)C(=O)NCc1cccnc1. The fraction of sp³-hybridized carbons (Fsp3) is 0.269. The van der Waals surface area contributed by atoms with Gasteiger partial charge in [0.05, 0.1) is 0 Å². The minimum Gasteiger partial charge on any atom is -0.350 e. The van der Waals surface area contributed by atoms with E-state index in [0.29, 0.717) is 25.9 Å². The molecule has 0 aliphatic heterocycles.